The van der Waals surface area contributed by atoms with E-state index in [1.165, 1.54) is 29.5 Å². The van der Waals surface area contributed by atoms with Crippen LogP contribution in [0.2, 0.25) is 10.2 Å². The Morgan fingerprint density at radius 3 is 2.51 bits per heavy atom. The molecule has 1 N–H and O–H groups in total. The van der Waals surface area contributed by atoms with Gasteiger partial charge in [0.2, 0.25) is 10.0 Å². The van der Waals surface area contributed by atoms with Crippen molar-refractivity contribution in [2.45, 2.75) is 36.0 Å². The largest absolute Gasteiger partial charge is 0.492 e. The van der Waals surface area contributed by atoms with Crippen LogP contribution in [0.4, 0.5) is 0 Å². The van der Waals surface area contributed by atoms with E-state index >= 15 is 0 Å². The molecule has 1 aromatic heterocycles. The van der Waals surface area contributed by atoms with E-state index in [4.69, 9.17) is 32.9 Å². The molecule has 0 atom stereocenters. The standard InChI is InChI=1S/C26H25Cl2N3O3S/c27-20-5-3-19(4-6-20)26(11-1-12-26)25-23-16-21(7-2-18(23)10-13-29-25)34-15-14-31-35(32,33)22-8-9-24(28)30-17-22/h2-9,16-17,31H,1,10-15H2. The van der Waals surface area contributed by atoms with E-state index in [1.54, 1.807) is 0 Å². The lowest BCUT2D eigenvalue weighted by atomic mass is 9.59. The topological polar surface area (TPSA) is 80.7 Å². The average molecular weight is 530 g/mol. The van der Waals surface area contributed by atoms with Crippen molar-refractivity contribution < 1.29 is 13.2 Å². The van der Waals surface area contributed by atoms with E-state index in [1.807, 2.05) is 24.3 Å². The summed E-state index contributed by atoms with van der Waals surface area (Å²) in [5, 5.41) is 0.968. The van der Waals surface area contributed by atoms with Crippen LogP contribution in [0.25, 0.3) is 0 Å². The molecule has 182 valence electrons. The summed E-state index contributed by atoms with van der Waals surface area (Å²) in [6.07, 6.45) is 5.40. The predicted molar refractivity (Wildman–Crippen MR) is 138 cm³/mol. The maximum Gasteiger partial charge on any atom is 0.242 e. The van der Waals surface area contributed by atoms with Gasteiger partial charge in [-0.15, -0.1) is 0 Å². The highest BCUT2D eigenvalue weighted by Gasteiger charge is 2.45. The van der Waals surface area contributed by atoms with Crippen molar-refractivity contribution in [2.24, 2.45) is 4.99 Å². The lowest BCUT2D eigenvalue weighted by molar-refractivity contribution is 0.322. The molecule has 0 saturated heterocycles. The van der Waals surface area contributed by atoms with Crippen LogP contribution >= 0.6 is 23.2 Å². The molecule has 1 aliphatic carbocycles. The van der Waals surface area contributed by atoms with Gasteiger partial charge < -0.3 is 4.74 Å². The van der Waals surface area contributed by atoms with Gasteiger partial charge >= 0.3 is 0 Å². The van der Waals surface area contributed by atoms with Gasteiger partial charge in [0.25, 0.3) is 0 Å². The molecule has 1 aliphatic heterocycles. The lowest BCUT2D eigenvalue weighted by Crippen LogP contribution is -2.44. The number of hydrogen-bond donors (Lipinski definition) is 1. The number of ether oxygens (including phenoxy) is 1. The van der Waals surface area contributed by atoms with E-state index in [0.29, 0.717) is 5.75 Å². The van der Waals surface area contributed by atoms with Gasteiger partial charge in [0.05, 0.1) is 5.71 Å². The fourth-order valence-electron chi connectivity index (χ4n) is 4.78. The van der Waals surface area contributed by atoms with Crippen LogP contribution in [-0.2, 0) is 21.9 Å². The van der Waals surface area contributed by atoms with Crippen LogP contribution in [-0.4, -0.2) is 38.8 Å². The predicted octanol–water partition coefficient (Wildman–Crippen LogP) is 5.21. The SMILES string of the molecule is O=S(=O)(NCCOc1ccc2c(c1)C(C1(c3ccc(Cl)cc3)CCC1)=NCC2)c1ccc(Cl)nc1. The maximum atomic E-state index is 12.4. The summed E-state index contributed by atoms with van der Waals surface area (Å²) in [5.41, 5.74) is 4.65. The molecule has 9 heteroatoms. The zero-order chi connectivity index (χ0) is 24.5. The second-order valence-electron chi connectivity index (χ2n) is 8.80. The minimum atomic E-state index is -3.68. The molecule has 0 bridgehead atoms. The monoisotopic (exact) mass is 529 g/mol. The summed E-state index contributed by atoms with van der Waals surface area (Å²) in [7, 11) is -3.68. The molecular weight excluding hydrogens is 505 g/mol. The van der Waals surface area contributed by atoms with E-state index in [9.17, 15) is 8.42 Å². The molecule has 3 aromatic rings. The highest BCUT2D eigenvalue weighted by Crippen LogP contribution is 2.48. The molecule has 1 saturated carbocycles. The number of nitrogens with one attached hydrogen (secondary N) is 1. The number of aliphatic imine (C=N–C) groups is 1. The van der Waals surface area contributed by atoms with Crippen LogP contribution in [0.3, 0.4) is 0 Å². The number of halogens is 2. The van der Waals surface area contributed by atoms with Gasteiger partial charge in [-0.3, -0.25) is 4.99 Å². The Kier molecular flexibility index (Phi) is 6.86. The Labute approximate surface area is 215 Å². The van der Waals surface area contributed by atoms with Crippen molar-refractivity contribution in [3.63, 3.8) is 0 Å². The first-order valence-corrected chi connectivity index (χ1v) is 13.8. The first kappa shape index (κ1) is 24.3. The second kappa shape index (κ2) is 9.90. The van der Waals surface area contributed by atoms with Crippen molar-refractivity contribution in [1.82, 2.24) is 9.71 Å². The molecule has 35 heavy (non-hydrogen) atoms. The Morgan fingerprint density at radius 2 is 1.83 bits per heavy atom. The third-order valence-electron chi connectivity index (χ3n) is 6.72. The van der Waals surface area contributed by atoms with E-state index in [-0.39, 0.29) is 28.6 Å². The molecule has 0 spiro atoms. The first-order chi connectivity index (χ1) is 16.9. The summed E-state index contributed by atoms with van der Waals surface area (Å²) in [5.74, 6) is 0.691. The third-order valence-corrected chi connectivity index (χ3v) is 8.64. The smallest absolute Gasteiger partial charge is 0.242 e. The molecule has 2 aromatic carbocycles. The number of sulfonamides is 1. The number of fused-ring (bicyclic) bond motifs is 1. The van der Waals surface area contributed by atoms with E-state index in [0.717, 1.165) is 48.5 Å². The Balaban J connectivity index is 1.30. The van der Waals surface area contributed by atoms with Crippen molar-refractivity contribution in [3.8, 4) is 5.75 Å². The van der Waals surface area contributed by atoms with Gasteiger partial charge in [-0.25, -0.2) is 18.1 Å². The van der Waals surface area contributed by atoms with Crippen molar-refractivity contribution >= 4 is 38.9 Å². The average Bonchev–Trinajstić information content (AvgIpc) is 2.83. The number of hydrogen-bond acceptors (Lipinski definition) is 5. The van der Waals surface area contributed by atoms with Crippen molar-refractivity contribution in [1.29, 1.82) is 0 Å². The molecule has 2 heterocycles. The number of nitrogens with zero attached hydrogens (tertiary/aromatic N) is 2. The van der Waals surface area contributed by atoms with Crippen molar-refractivity contribution in [2.75, 3.05) is 19.7 Å². The number of benzene rings is 2. The first-order valence-electron chi connectivity index (χ1n) is 11.6. The molecule has 0 amide bonds. The van der Waals surface area contributed by atoms with Gasteiger partial charge in [-0.05, 0) is 66.8 Å². The van der Waals surface area contributed by atoms with Crippen molar-refractivity contribution in [3.05, 3.63) is 87.7 Å². The molecular formula is C26H25Cl2N3O3S. The van der Waals surface area contributed by atoms with E-state index < -0.39 is 10.0 Å². The molecule has 0 unspecified atom stereocenters. The Bertz CT molecular complexity index is 1350. The normalized spacial score (nSPS) is 16.7. The van der Waals surface area contributed by atoms with Gasteiger partial charge in [-0.1, -0.05) is 47.8 Å². The Hall–Kier alpha value is -2.45. The highest BCUT2D eigenvalue weighted by molar-refractivity contribution is 7.89. The number of aromatic nitrogens is 1. The molecule has 0 radical (unpaired) electrons. The summed E-state index contributed by atoms with van der Waals surface area (Å²) >= 11 is 11.9. The zero-order valence-electron chi connectivity index (χ0n) is 19.0. The van der Waals surface area contributed by atoms with Crippen LogP contribution in [0.15, 0.2) is 70.7 Å². The second-order valence-corrected chi connectivity index (χ2v) is 11.4. The molecule has 6 nitrogen and oxygen atoms in total. The fourth-order valence-corrected chi connectivity index (χ4v) is 5.97. The highest BCUT2D eigenvalue weighted by atomic mass is 35.5. The maximum absolute atomic E-state index is 12.4. The van der Waals surface area contributed by atoms with Gasteiger partial charge in [0.1, 0.15) is 22.4 Å². The minimum absolute atomic E-state index is 0.0598. The summed E-state index contributed by atoms with van der Waals surface area (Å²) in [6.45, 7) is 1.09. The Morgan fingerprint density at radius 1 is 1.03 bits per heavy atom. The van der Waals surface area contributed by atoms with Crippen LogP contribution in [0.1, 0.15) is 36.0 Å². The number of rotatable bonds is 8. The molecule has 1 fully saturated rings. The van der Waals surface area contributed by atoms with Gasteiger partial charge in [-0.2, -0.15) is 0 Å². The fraction of sp³-hybridized carbons (Fsp3) is 0.308. The van der Waals surface area contributed by atoms with Gasteiger partial charge in [0.15, 0.2) is 0 Å². The minimum Gasteiger partial charge on any atom is -0.492 e. The molecule has 2 aliphatic rings. The van der Waals surface area contributed by atoms with Crippen LogP contribution in [0, 0.1) is 0 Å². The number of pyridine rings is 1. The molecule has 5 rings (SSSR count). The lowest BCUT2D eigenvalue weighted by Gasteiger charge is -2.45. The summed E-state index contributed by atoms with van der Waals surface area (Å²) in [6, 6.07) is 17.1. The van der Waals surface area contributed by atoms with Crippen LogP contribution < -0.4 is 9.46 Å². The summed E-state index contributed by atoms with van der Waals surface area (Å²) in [4.78, 5) is 8.88. The summed E-state index contributed by atoms with van der Waals surface area (Å²) < 4.78 is 33.3. The van der Waals surface area contributed by atoms with Crippen LogP contribution in [0.5, 0.6) is 5.75 Å². The van der Waals surface area contributed by atoms with E-state index in [2.05, 4.69) is 27.9 Å². The third kappa shape index (κ3) is 4.96. The zero-order valence-corrected chi connectivity index (χ0v) is 21.3. The van der Waals surface area contributed by atoms with Gasteiger partial charge in [0, 0.05) is 35.3 Å². The quantitative estimate of drug-likeness (QED) is 0.320.